The minimum absolute atomic E-state index is 0.209. The van der Waals surface area contributed by atoms with Gasteiger partial charge in [-0.05, 0) is 54.1 Å². The fraction of sp³-hybridized carbons (Fsp3) is 0.136. The number of rotatable bonds is 6. The summed E-state index contributed by atoms with van der Waals surface area (Å²) in [7, 11) is 4.82. The summed E-state index contributed by atoms with van der Waals surface area (Å²) in [6.45, 7) is 0. The second-order valence-corrected chi connectivity index (χ2v) is 5.83. The normalized spacial score (nSPS) is 10.2. The van der Waals surface area contributed by atoms with Crippen molar-refractivity contribution < 1.29 is 19.0 Å². The van der Waals surface area contributed by atoms with Crippen molar-refractivity contribution in [1.82, 2.24) is 0 Å². The van der Waals surface area contributed by atoms with Crippen molar-refractivity contribution in [3.63, 3.8) is 0 Å². The van der Waals surface area contributed by atoms with Crippen LogP contribution in [-0.4, -0.2) is 27.2 Å². The maximum absolute atomic E-state index is 12.6. The molecule has 0 saturated carbocycles. The predicted octanol–water partition coefficient (Wildman–Crippen LogP) is 4.63. The molecule has 5 nitrogen and oxygen atoms in total. The topological polar surface area (TPSA) is 56.8 Å². The zero-order valence-electron chi connectivity index (χ0n) is 15.5. The number of hydrogen-bond donors (Lipinski definition) is 1. The molecular weight excluding hydrogens is 342 g/mol. The van der Waals surface area contributed by atoms with Gasteiger partial charge in [-0.2, -0.15) is 0 Å². The summed E-state index contributed by atoms with van der Waals surface area (Å²) in [5, 5.41) is 2.92. The second-order valence-electron chi connectivity index (χ2n) is 5.83. The lowest BCUT2D eigenvalue weighted by molar-refractivity contribution is 0.102. The quantitative estimate of drug-likeness (QED) is 0.694. The largest absolute Gasteiger partial charge is 0.497 e. The Kier molecular flexibility index (Phi) is 5.61. The van der Waals surface area contributed by atoms with Crippen LogP contribution in [0.25, 0.3) is 11.1 Å². The minimum Gasteiger partial charge on any atom is -0.497 e. The lowest BCUT2D eigenvalue weighted by atomic mass is 10.0. The van der Waals surface area contributed by atoms with Crippen molar-refractivity contribution in [2.75, 3.05) is 26.6 Å². The standard InChI is InChI=1S/C22H21NO4/c1-25-18-10-7-15(8-11-18)20-14-17(9-12-21(20)27-3)23-22(24)16-5-4-6-19(13-16)26-2/h4-14H,1-3H3,(H,23,24). The van der Waals surface area contributed by atoms with Gasteiger partial charge in [0.2, 0.25) is 0 Å². The van der Waals surface area contributed by atoms with Crippen LogP contribution in [0.1, 0.15) is 10.4 Å². The van der Waals surface area contributed by atoms with E-state index in [9.17, 15) is 4.79 Å². The highest BCUT2D eigenvalue weighted by Gasteiger charge is 2.11. The SMILES string of the molecule is COc1ccc(-c2cc(NC(=O)c3cccc(OC)c3)ccc2OC)cc1. The van der Waals surface area contributed by atoms with Gasteiger partial charge >= 0.3 is 0 Å². The molecule has 27 heavy (non-hydrogen) atoms. The van der Waals surface area contributed by atoms with E-state index in [-0.39, 0.29) is 5.91 Å². The molecule has 3 rings (SSSR count). The Morgan fingerprint density at radius 2 is 1.52 bits per heavy atom. The Balaban J connectivity index is 1.89. The van der Waals surface area contributed by atoms with Crippen LogP contribution in [0, 0.1) is 0 Å². The Morgan fingerprint density at radius 1 is 0.778 bits per heavy atom. The van der Waals surface area contributed by atoms with E-state index in [1.807, 2.05) is 42.5 Å². The Bertz CT molecular complexity index is 935. The van der Waals surface area contributed by atoms with Crippen LogP contribution in [-0.2, 0) is 0 Å². The molecule has 1 N–H and O–H groups in total. The molecule has 0 atom stereocenters. The molecule has 0 aliphatic heterocycles. The molecule has 5 heteroatoms. The van der Waals surface area contributed by atoms with Crippen LogP contribution in [0.5, 0.6) is 17.2 Å². The molecule has 0 unspecified atom stereocenters. The first-order chi connectivity index (χ1) is 13.1. The summed E-state index contributed by atoms with van der Waals surface area (Å²) >= 11 is 0. The summed E-state index contributed by atoms with van der Waals surface area (Å²) in [5.41, 5.74) is 3.04. The first-order valence-corrected chi connectivity index (χ1v) is 8.42. The van der Waals surface area contributed by atoms with Gasteiger partial charge in [0, 0.05) is 16.8 Å². The number of ether oxygens (including phenoxy) is 3. The number of anilines is 1. The van der Waals surface area contributed by atoms with Gasteiger partial charge < -0.3 is 19.5 Å². The molecular formula is C22H21NO4. The van der Waals surface area contributed by atoms with Crippen molar-refractivity contribution in [1.29, 1.82) is 0 Å². The number of methoxy groups -OCH3 is 3. The van der Waals surface area contributed by atoms with Gasteiger partial charge in [-0.25, -0.2) is 0 Å². The van der Waals surface area contributed by atoms with Crippen LogP contribution >= 0.6 is 0 Å². The average Bonchev–Trinajstić information content (AvgIpc) is 2.73. The van der Waals surface area contributed by atoms with Crippen LogP contribution in [0.2, 0.25) is 0 Å². The van der Waals surface area contributed by atoms with Crippen molar-refractivity contribution in [3.8, 4) is 28.4 Å². The van der Waals surface area contributed by atoms with Crippen LogP contribution in [0.3, 0.4) is 0 Å². The van der Waals surface area contributed by atoms with E-state index in [0.717, 1.165) is 22.6 Å². The molecule has 138 valence electrons. The average molecular weight is 363 g/mol. The molecule has 0 radical (unpaired) electrons. The number of amides is 1. The van der Waals surface area contributed by atoms with Crippen LogP contribution < -0.4 is 19.5 Å². The van der Waals surface area contributed by atoms with E-state index in [4.69, 9.17) is 14.2 Å². The molecule has 1 amide bonds. The summed E-state index contributed by atoms with van der Waals surface area (Å²) in [6.07, 6.45) is 0. The Labute approximate surface area is 158 Å². The molecule has 0 aromatic heterocycles. The fourth-order valence-corrected chi connectivity index (χ4v) is 2.75. The third-order valence-corrected chi connectivity index (χ3v) is 4.19. The maximum atomic E-state index is 12.6. The molecule has 0 heterocycles. The third kappa shape index (κ3) is 4.20. The number of nitrogens with one attached hydrogen (secondary N) is 1. The molecule has 0 saturated heterocycles. The zero-order chi connectivity index (χ0) is 19.2. The molecule has 0 aliphatic carbocycles. The van der Waals surface area contributed by atoms with Gasteiger partial charge in [-0.3, -0.25) is 4.79 Å². The fourth-order valence-electron chi connectivity index (χ4n) is 2.75. The monoisotopic (exact) mass is 363 g/mol. The van der Waals surface area contributed by atoms with Crippen LogP contribution in [0.15, 0.2) is 66.7 Å². The zero-order valence-corrected chi connectivity index (χ0v) is 15.5. The smallest absolute Gasteiger partial charge is 0.255 e. The summed E-state index contributed by atoms with van der Waals surface area (Å²) in [4.78, 5) is 12.6. The molecule has 0 bridgehead atoms. The van der Waals surface area contributed by atoms with E-state index in [2.05, 4.69) is 5.32 Å². The van der Waals surface area contributed by atoms with Crippen molar-refractivity contribution >= 4 is 11.6 Å². The predicted molar refractivity (Wildman–Crippen MR) is 106 cm³/mol. The summed E-state index contributed by atoms with van der Waals surface area (Å²) < 4.78 is 15.9. The highest BCUT2D eigenvalue weighted by molar-refractivity contribution is 6.04. The van der Waals surface area contributed by atoms with Gasteiger partial charge in [0.15, 0.2) is 0 Å². The van der Waals surface area contributed by atoms with E-state index >= 15 is 0 Å². The number of carbonyl (C=O) groups excluding carboxylic acids is 1. The van der Waals surface area contributed by atoms with E-state index in [0.29, 0.717) is 17.0 Å². The maximum Gasteiger partial charge on any atom is 0.255 e. The number of hydrogen-bond acceptors (Lipinski definition) is 4. The molecule has 0 fully saturated rings. The van der Waals surface area contributed by atoms with Crippen molar-refractivity contribution in [2.24, 2.45) is 0 Å². The molecule has 0 aliphatic rings. The van der Waals surface area contributed by atoms with Gasteiger partial charge in [-0.15, -0.1) is 0 Å². The van der Waals surface area contributed by atoms with Crippen LogP contribution in [0.4, 0.5) is 5.69 Å². The van der Waals surface area contributed by atoms with E-state index < -0.39 is 0 Å². The Hall–Kier alpha value is -3.47. The summed E-state index contributed by atoms with van der Waals surface area (Å²) in [5.74, 6) is 1.93. The lowest BCUT2D eigenvalue weighted by Gasteiger charge is -2.13. The molecule has 0 spiro atoms. The third-order valence-electron chi connectivity index (χ3n) is 4.19. The van der Waals surface area contributed by atoms with Gasteiger partial charge in [0.05, 0.1) is 21.3 Å². The first-order valence-electron chi connectivity index (χ1n) is 8.42. The molecule has 3 aromatic carbocycles. The highest BCUT2D eigenvalue weighted by Crippen LogP contribution is 2.33. The second kappa shape index (κ2) is 8.27. The Morgan fingerprint density at radius 3 is 2.19 bits per heavy atom. The summed E-state index contributed by atoms with van der Waals surface area (Å²) in [6, 6.07) is 20.2. The van der Waals surface area contributed by atoms with Gasteiger partial charge in [0.25, 0.3) is 5.91 Å². The van der Waals surface area contributed by atoms with Gasteiger partial charge in [0.1, 0.15) is 17.2 Å². The first kappa shape index (κ1) is 18.3. The van der Waals surface area contributed by atoms with Crippen molar-refractivity contribution in [3.05, 3.63) is 72.3 Å². The highest BCUT2D eigenvalue weighted by atomic mass is 16.5. The number of benzene rings is 3. The molecule has 3 aromatic rings. The van der Waals surface area contributed by atoms with Gasteiger partial charge in [-0.1, -0.05) is 18.2 Å². The number of carbonyl (C=O) groups is 1. The van der Waals surface area contributed by atoms with E-state index in [1.54, 1.807) is 45.6 Å². The lowest BCUT2D eigenvalue weighted by Crippen LogP contribution is -2.12. The van der Waals surface area contributed by atoms with Crippen molar-refractivity contribution in [2.45, 2.75) is 0 Å². The van der Waals surface area contributed by atoms with E-state index in [1.165, 1.54) is 0 Å². The minimum atomic E-state index is -0.209.